The van der Waals surface area contributed by atoms with Crippen LogP contribution < -0.4 is 4.90 Å². The zero-order chi connectivity index (χ0) is 17.4. The van der Waals surface area contributed by atoms with Gasteiger partial charge in [0.05, 0.1) is 17.8 Å². The number of anilines is 1. The summed E-state index contributed by atoms with van der Waals surface area (Å²) in [5, 5.41) is 8.50. The van der Waals surface area contributed by atoms with E-state index in [0.29, 0.717) is 6.04 Å². The van der Waals surface area contributed by atoms with Gasteiger partial charge in [0.15, 0.2) is 5.82 Å². The molecular weight excluding hydrogens is 318 g/mol. The molecule has 0 unspecified atom stereocenters. The molecule has 3 aliphatic heterocycles. The minimum Gasteiger partial charge on any atom is -0.363 e. The van der Waals surface area contributed by atoms with E-state index in [9.17, 15) is 4.79 Å². The van der Waals surface area contributed by atoms with Gasteiger partial charge in [-0.25, -0.2) is 0 Å². The van der Waals surface area contributed by atoms with E-state index >= 15 is 0 Å². The highest BCUT2D eigenvalue weighted by molar-refractivity contribution is 5.81. The van der Waals surface area contributed by atoms with E-state index in [1.165, 1.54) is 0 Å². The van der Waals surface area contributed by atoms with Gasteiger partial charge >= 0.3 is 0 Å². The zero-order valence-corrected chi connectivity index (χ0v) is 15.1. The SMILES string of the molecule is Cc1ccc(N2CC[C@H]3O[C@H](C(=O)N4CCN(C)CC4)CC[C@H]32)nn1. The number of likely N-dealkylation sites (N-methyl/N-ethyl adjacent to an activating group) is 1. The molecule has 1 amide bonds. The highest BCUT2D eigenvalue weighted by Gasteiger charge is 2.43. The van der Waals surface area contributed by atoms with Crippen LogP contribution in [0.5, 0.6) is 0 Å². The molecule has 1 aromatic rings. The number of nitrogens with zero attached hydrogens (tertiary/aromatic N) is 5. The van der Waals surface area contributed by atoms with Crippen LogP contribution in [-0.2, 0) is 9.53 Å². The molecular formula is C18H27N5O2. The van der Waals surface area contributed by atoms with Crippen LogP contribution in [0, 0.1) is 6.92 Å². The van der Waals surface area contributed by atoms with Crippen LogP contribution in [0.25, 0.3) is 0 Å². The number of ether oxygens (including phenoxy) is 1. The highest BCUT2D eigenvalue weighted by Crippen LogP contribution is 2.34. The Bertz CT molecular complexity index is 614. The Kier molecular flexibility index (Phi) is 4.60. The van der Waals surface area contributed by atoms with Gasteiger partial charge in [-0.1, -0.05) is 0 Å². The average molecular weight is 345 g/mol. The van der Waals surface area contributed by atoms with Crippen molar-refractivity contribution in [2.75, 3.05) is 44.7 Å². The summed E-state index contributed by atoms with van der Waals surface area (Å²) < 4.78 is 6.23. The Hall–Kier alpha value is -1.73. The fraction of sp³-hybridized carbons (Fsp3) is 0.722. The molecule has 136 valence electrons. The lowest BCUT2D eigenvalue weighted by Gasteiger charge is -2.39. The molecule has 0 aliphatic carbocycles. The fourth-order valence-electron chi connectivity index (χ4n) is 4.17. The molecule has 0 radical (unpaired) electrons. The molecule has 3 saturated heterocycles. The van der Waals surface area contributed by atoms with Crippen LogP contribution in [0.2, 0.25) is 0 Å². The number of hydrogen-bond acceptors (Lipinski definition) is 6. The topological polar surface area (TPSA) is 61.8 Å². The molecule has 0 bridgehead atoms. The normalized spacial score (nSPS) is 30.4. The van der Waals surface area contributed by atoms with Crippen molar-refractivity contribution in [3.63, 3.8) is 0 Å². The van der Waals surface area contributed by atoms with E-state index in [4.69, 9.17) is 4.74 Å². The van der Waals surface area contributed by atoms with Gasteiger partial charge in [-0.15, -0.1) is 5.10 Å². The minimum atomic E-state index is -0.270. The molecule has 7 heteroatoms. The summed E-state index contributed by atoms with van der Waals surface area (Å²) in [4.78, 5) is 19.3. The minimum absolute atomic E-state index is 0.123. The summed E-state index contributed by atoms with van der Waals surface area (Å²) in [5.41, 5.74) is 0.928. The van der Waals surface area contributed by atoms with Gasteiger partial charge in [0, 0.05) is 32.7 Å². The van der Waals surface area contributed by atoms with Crippen LogP contribution >= 0.6 is 0 Å². The zero-order valence-electron chi connectivity index (χ0n) is 15.1. The van der Waals surface area contributed by atoms with Crippen molar-refractivity contribution in [3.8, 4) is 0 Å². The Morgan fingerprint density at radius 3 is 2.60 bits per heavy atom. The van der Waals surface area contributed by atoms with Crippen molar-refractivity contribution in [1.82, 2.24) is 20.0 Å². The van der Waals surface area contributed by atoms with Crippen molar-refractivity contribution in [1.29, 1.82) is 0 Å². The molecule has 4 heterocycles. The number of aromatic nitrogens is 2. The highest BCUT2D eigenvalue weighted by atomic mass is 16.5. The van der Waals surface area contributed by atoms with E-state index in [1.807, 2.05) is 24.0 Å². The molecule has 0 N–H and O–H groups in total. The first-order valence-corrected chi connectivity index (χ1v) is 9.31. The van der Waals surface area contributed by atoms with Crippen molar-refractivity contribution in [3.05, 3.63) is 17.8 Å². The van der Waals surface area contributed by atoms with Gasteiger partial charge in [0.25, 0.3) is 5.91 Å². The molecule has 25 heavy (non-hydrogen) atoms. The maximum Gasteiger partial charge on any atom is 0.251 e. The summed E-state index contributed by atoms with van der Waals surface area (Å²) in [7, 11) is 2.10. The number of carbonyl (C=O) groups excluding carboxylic acids is 1. The van der Waals surface area contributed by atoms with Crippen LogP contribution in [0.1, 0.15) is 25.0 Å². The Balaban J connectivity index is 1.38. The Morgan fingerprint density at radius 1 is 1.08 bits per heavy atom. The number of fused-ring (bicyclic) bond motifs is 1. The van der Waals surface area contributed by atoms with Crippen molar-refractivity contribution < 1.29 is 9.53 Å². The number of piperazine rings is 1. The first-order chi connectivity index (χ1) is 12.1. The number of rotatable bonds is 2. The van der Waals surface area contributed by atoms with E-state index in [1.54, 1.807) is 0 Å². The standard InChI is InChI=1S/C18H27N5O2/c1-13-3-6-17(20-19-13)23-8-7-15-14(23)4-5-16(25-15)18(24)22-11-9-21(2)10-12-22/h3,6,14-16H,4-5,7-12H2,1-2H3/t14-,15-,16+/m1/s1. The van der Waals surface area contributed by atoms with Gasteiger partial charge in [0.2, 0.25) is 0 Å². The second-order valence-electron chi connectivity index (χ2n) is 7.45. The molecule has 3 atom stereocenters. The number of hydrogen-bond donors (Lipinski definition) is 0. The van der Waals surface area contributed by atoms with Crippen LogP contribution in [0.3, 0.4) is 0 Å². The third-order valence-electron chi connectivity index (χ3n) is 5.72. The lowest BCUT2D eigenvalue weighted by molar-refractivity contribution is -0.154. The van der Waals surface area contributed by atoms with E-state index < -0.39 is 0 Å². The summed E-state index contributed by atoms with van der Waals surface area (Å²) in [6.07, 6.45) is 2.58. The molecule has 1 aromatic heterocycles. The summed E-state index contributed by atoms with van der Waals surface area (Å²) in [5.74, 6) is 1.10. The van der Waals surface area contributed by atoms with Gasteiger partial charge in [-0.05, 0) is 45.4 Å². The van der Waals surface area contributed by atoms with Crippen LogP contribution in [-0.4, -0.2) is 83.9 Å². The average Bonchev–Trinajstić information content (AvgIpc) is 3.05. The Morgan fingerprint density at radius 2 is 1.88 bits per heavy atom. The number of amides is 1. The predicted octanol–water partition coefficient (Wildman–Crippen LogP) is 0.685. The van der Waals surface area contributed by atoms with Gasteiger partial charge in [0.1, 0.15) is 6.10 Å². The quantitative estimate of drug-likeness (QED) is 0.786. The van der Waals surface area contributed by atoms with Crippen LogP contribution in [0.4, 0.5) is 5.82 Å². The maximum atomic E-state index is 12.8. The smallest absolute Gasteiger partial charge is 0.251 e. The number of carbonyl (C=O) groups is 1. The third kappa shape index (κ3) is 3.35. The van der Waals surface area contributed by atoms with Crippen LogP contribution in [0.15, 0.2) is 12.1 Å². The maximum absolute atomic E-state index is 12.8. The second-order valence-corrected chi connectivity index (χ2v) is 7.45. The lowest BCUT2D eigenvalue weighted by Crippen LogP contribution is -2.53. The largest absolute Gasteiger partial charge is 0.363 e. The molecule has 0 saturated carbocycles. The first-order valence-electron chi connectivity index (χ1n) is 9.31. The second kappa shape index (κ2) is 6.88. The summed E-state index contributed by atoms with van der Waals surface area (Å²) in [6.45, 7) is 6.39. The van der Waals surface area contributed by atoms with E-state index in [-0.39, 0.29) is 18.1 Å². The lowest BCUT2D eigenvalue weighted by atomic mass is 9.98. The van der Waals surface area contributed by atoms with Crippen molar-refractivity contribution in [2.24, 2.45) is 0 Å². The molecule has 3 fully saturated rings. The predicted molar refractivity (Wildman–Crippen MR) is 94.5 cm³/mol. The fourth-order valence-corrected chi connectivity index (χ4v) is 4.17. The molecule has 0 aromatic carbocycles. The summed E-state index contributed by atoms with van der Waals surface area (Å²) in [6, 6.07) is 4.35. The number of aryl methyl sites for hydroxylation is 1. The summed E-state index contributed by atoms with van der Waals surface area (Å²) >= 11 is 0. The van der Waals surface area contributed by atoms with E-state index in [0.717, 1.165) is 63.5 Å². The van der Waals surface area contributed by atoms with Gasteiger partial charge in [-0.3, -0.25) is 4.79 Å². The molecule has 4 rings (SSSR count). The third-order valence-corrected chi connectivity index (χ3v) is 5.72. The van der Waals surface area contributed by atoms with E-state index in [2.05, 4.69) is 27.0 Å². The monoisotopic (exact) mass is 345 g/mol. The van der Waals surface area contributed by atoms with Gasteiger partial charge in [-0.2, -0.15) is 5.10 Å². The molecule has 3 aliphatic rings. The van der Waals surface area contributed by atoms with Crippen molar-refractivity contribution in [2.45, 2.75) is 44.4 Å². The van der Waals surface area contributed by atoms with Crippen molar-refractivity contribution >= 4 is 11.7 Å². The molecule has 0 spiro atoms. The molecule has 7 nitrogen and oxygen atoms in total. The Labute approximate surface area is 148 Å². The van der Waals surface area contributed by atoms with Gasteiger partial charge < -0.3 is 19.4 Å². The first kappa shape index (κ1) is 16.7.